The van der Waals surface area contributed by atoms with Gasteiger partial charge >= 0.3 is 0 Å². The van der Waals surface area contributed by atoms with Crippen LogP contribution in [0, 0.1) is 6.92 Å². The molecule has 0 spiro atoms. The van der Waals surface area contributed by atoms with Gasteiger partial charge in [0.2, 0.25) is 5.95 Å². The first-order chi connectivity index (χ1) is 18.4. The number of aromatic nitrogens is 4. The molecule has 4 heterocycles. The van der Waals surface area contributed by atoms with E-state index in [9.17, 15) is 8.42 Å². The minimum atomic E-state index is -3.99. The highest BCUT2D eigenvalue weighted by Crippen LogP contribution is 2.32. The van der Waals surface area contributed by atoms with Crippen molar-refractivity contribution in [3.8, 4) is 5.75 Å². The Morgan fingerprint density at radius 3 is 2.68 bits per heavy atom. The number of anilines is 3. The molecule has 0 aliphatic carbocycles. The van der Waals surface area contributed by atoms with Crippen molar-refractivity contribution in [2.75, 3.05) is 43.5 Å². The van der Waals surface area contributed by atoms with E-state index in [0.717, 1.165) is 42.8 Å². The maximum absolute atomic E-state index is 13.8. The number of nitrogens with zero attached hydrogens (tertiary/aromatic N) is 5. The summed E-state index contributed by atoms with van der Waals surface area (Å²) in [5.41, 5.74) is 3.27. The Balaban J connectivity index is 1.37. The molecule has 10 nitrogen and oxygen atoms in total. The molecule has 1 fully saturated rings. The van der Waals surface area contributed by atoms with Gasteiger partial charge in [-0.15, -0.1) is 0 Å². The molecule has 0 amide bonds. The third kappa shape index (κ3) is 4.29. The molecule has 194 valence electrons. The first-order valence-electron chi connectivity index (χ1n) is 12.3. The second kappa shape index (κ2) is 9.58. The molecule has 0 saturated carbocycles. The van der Waals surface area contributed by atoms with Gasteiger partial charge in [-0.2, -0.15) is 4.98 Å². The van der Waals surface area contributed by atoms with E-state index in [2.05, 4.69) is 30.5 Å². The van der Waals surface area contributed by atoms with Gasteiger partial charge in [0.1, 0.15) is 10.6 Å². The van der Waals surface area contributed by atoms with E-state index in [0.29, 0.717) is 22.3 Å². The zero-order chi connectivity index (χ0) is 26.3. The highest BCUT2D eigenvalue weighted by atomic mass is 32.2. The van der Waals surface area contributed by atoms with Gasteiger partial charge in [-0.1, -0.05) is 6.07 Å². The van der Waals surface area contributed by atoms with Crippen molar-refractivity contribution in [2.45, 2.75) is 11.8 Å². The van der Waals surface area contributed by atoms with Gasteiger partial charge in [0.15, 0.2) is 5.65 Å². The number of fused-ring (bicyclic) bond motifs is 2. The van der Waals surface area contributed by atoms with E-state index in [4.69, 9.17) is 4.74 Å². The Morgan fingerprint density at radius 1 is 1.03 bits per heavy atom. The van der Waals surface area contributed by atoms with E-state index < -0.39 is 10.0 Å². The summed E-state index contributed by atoms with van der Waals surface area (Å²) in [6, 6.07) is 14.8. The molecule has 0 radical (unpaired) electrons. The molecular formula is C27H27N7O3S. The number of ether oxygens (including phenoxy) is 1. The molecule has 2 aromatic carbocycles. The van der Waals surface area contributed by atoms with Gasteiger partial charge in [-0.25, -0.2) is 17.4 Å². The first-order valence-corrected chi connectivity index (χ1v) is 13.7. The quantitative estimate of drug-likeness (QED) is 0.340. The summed E-state index contributed by atoms with van der Waals surface area (Å²) >= 11 is 0. The molecule has 1 aliphatic rings. The predicted molar refractivity (Wildman–Crippen MR) is 148 cm³/mol. The van der Waals surface area contributed by atoms with E-state index >= 15 is 0 Å². The van der Waals surface area contributed by atoms with Crippen LogP contribution in [0.25, 0.3) is 21.9 Å². The first kappa shape index (κ1) is 24.1. The molecular weight excluding hydrogens is 502 g/mol. The summed E-state index contributed by atoms with van der Waals surface area (Å²) in [7, 11) is -2.38. The zero-order valence-electron chi connectivity index (χ0n) is 21.0. The van der Waals surface area contributed by atoms with Crippen molar-refractivity contribution in [3.05, 3.63) is 72.7 Å². The van der Waals surface area contributed by atoms with Crippen molar-refractivity contribution in [1.82, 2.24) is 24.2 Å². The number of benzene rings is 2. The van der Waals surface area contributed by atoms with Crippen molar-refractivity contribution < 1.29 is 13.2 Å². The lowest BCUT2D eigenvalue weighted by Gasteiger charge is -2.30. The predicted octanol–water partition coefficient (Wildman–Crippen LogP) is 3.69. The minimum Gasteiger partial charge on any atom is -0.494 e. The summed E-state index contributed by atoms with van der Waals surface area (Å²) < 4.78 is 34.5. The highest BCUT2D eigenvalue weighted by Gasteiger charge is 2.24. The van der Waals surface area contributed by atoms with Gasteiger partial charge in [-0.3, -0.25) is 4.98 Å². The molecule has 5 aromatic rings. The second-order valence-electron chi connectivity index (χ2n) is 9.17. The van der Waals surface area contributed by atoms with Crippen molar-refractivity contribution in [2.24, 2.45) is 0 Å². The third-order valence-electron chi connectivity index (χ3n) is 6.66. The summed E-state index contributed by atoms with van der Waals surface area (Å²) in [6.45, 7) is 5.59. The lowest BCUT2D eigenvalue weighted by molar-refractivity contribution is 0.416. The number of nitrogens with one attached hydrogen (secondary N) is 2. The fraction of sp³-hybridized carbons (Fsp3) is 0.222. The SMILES string of the molecule is COc1cc(N2CCNCC2)ccc1Nc1ncc2ccn(S(=O)(=O)c3cc(C)cc4cccnc34)c2n1. The summed E-state index contributed by atoms with van der Waals surface area (Å²) in [5.74, 6) is 0.901. The van der Waals surface area contributed by atoms with Crippen LogP contribution in [0.5, 0.6) is 5.75 Å². The van der Waals surface area contributed by atoms with Crippen LogP contribution in [0.15, 0.2) is 72.0 Å². The average molecular weight is 530 g/mol. The summed E-state index contributed by atoms with van der Waals surface area (Å²) in [4.78, 5) is 15.8. The summed E-state index contributed by atoms with van der Waals surface area (Å²) in [5, 5.41) is 7.91. The van der Waals surface area contributed by atoms with Crippen LogP contribution in [-0.2, 0) is 10.0 Å². The van der Waals surface area contributed by atoms with Gasteiger partial charge < -0.3 is 20.3 Å². The lowest BCUT2D eigenvalue weighted by Crippen LogP contribution is -2.43. The molecule has 3 aromatic heterocycles. The third-order valence-corrected chi connectivity index (χ3v) is 8.34. The van der Waals surface area contributed by atoms with E-state index in [1.807, 2.05) is 37.3 Å². The van der Waals surface area contributed by atoms with Crippen LogP contribution < -0.4 is 20.3 Å². The molecule has 1 saturated heterocycles. The normalized spacial score (nSPS) is 14.2. The van der Waals surface area contributed by atoms with Crippen molar-refractivity contribution in [1.29, 1.82) is 0 Å². The maximum atomic E-state index is 13.8. The molecule has 38 heavy (non-hydrogen) atoms. The van der Waals surface area contributed by atoms with Gasteiger partial charge in [0.05, 0.1) is 18.3 Å². The van der Waals surface area contributed by atoms with Crippen LogP contribution in [0.1, 0.15) is 5.56 Å². The molecule has 0 bridgehead atoms. The molecule has 2 N–H and O–H groups in total. The number of piperazine rings is 1. The monoisotopic (exact) mass is 529 g/mol. The fourth-order valence-electron chi connectivity index (χ4n) is 4.78. The number of hydrogen-bond acceptors (Lipinski definition) is 9. The molecule has 6 rings (SSSR count). The van der Waals surface area contributed by atoms with Crippen molar-refractivity contribution in [3.63, 3.8) is 0 Å². The maximum Gasteiger partial charge on any atom is 0.271 e. The minimum absolute atomic E-state index is 0.129. The van der Waals surface area contributed by atoms with Crippen molar-refractivity contribution >= 4 is 49.3 Å². The van der Waals surface area contributed by atoms with Crippen LogP contribution >= 0.6 is 0 Å². The number of pyridine rings is 1. The van der Waals surface area contributed by atoms with Gasteiger partial charge in [0, 0.05) is 67.3 Å². The van der Waals surface area contributed by atoms with Crippen LogP contribution in [-0.4, -0.2) is 60.6 Å². The number of hydrogen-bond donors (Lipinski definition) is 2. The average Bonchev–Trinajstić information content (AvgIpc) is 3.37. The Kier molecular flexibility index (Phi) is 6.09. The van der Waals surface area contributed by atoms with E-state index in [1.54, 1.807) is 37.7 Å². The smallest absolute Gasteiger partial charge is 0.271 e. The molecule has 0 atom stereocenters. The van der Waals surface area contributed by atoms with Gasteiger partial charge in [0.25, 0.3) is 10.0 Å². The molecule has 1 aliphatic heterocycles. The topological polar surface area (TPSA) is 114 Å². The number of aryl methyl sites for hydroxylation is 1. The zero-order valence-corrected chi connectivity index (χ0v) is 21.9. The van der Waals surface area contributed by atoms with Crippen LogP contribution in [0.3, 0.4) is 0 Å². The van der Waals surface area contributed by atoms with Gasteiger partial charge in [-0.05, 0) is 48.9 Å². The Labute approximate surface area is 220 Å². The second-order valence-corrected chi connectivity index (χ2v) is 11.0. The Hall–Kier alpha value is -4.22. The molecule has 11 heteroatoms. The Morgan fingerprint density at radius 2 is 1.87 bits per heavy atom. The number of rotatable bonds is 6. The Bertz CT molecular complexity index is 1760. The van der Waals surface area contributed by atoms with Crippen LogP contribution in [0.4, 0.5) is 17.3 Å². The highest BCUT2D eigenvalue weighted by molar-refractivity contribution is 7.90. The van der Waals surface area contributed by atoms with E-state index in [-0.39, 0.29) is 16.5 Å². The van der Waals surface area contributed by atoms with E-state index in [1.165, 1.54) is 10.2 Å². The lowest BCUT2D eigenvalue weighted by atomic mass is 10.1. The number of methoxy groups -OCH3 is 1. The van der Waals surface area contributed by atoms with Crippen LogP contribution in [0.2, 0.25) is 0 Å². The molecule has 0 unspecified atom stereocenters. The largest absolute Gasteiger partial charge is 0.494 e. The fourth-order valence-corrected chi connectivity index (χ4v) is 6.33. The summed E-state index contributed by atoms with van der Waals surface area (Å²) in [6.07, 6.45) is 4.69. The standard InChI is InChI=1S/C27H27N7O3S/c1-18-14-19-4-3-8-29-25(19)24(15-18)38(35,36)34-11-7-20-17-30-27(32-26(20)34)31-22-6-5-21(16-23(22)37-2)33-12-9-28-10-13-33/h3-8,11,14-17,28H,9-10,12-13H2,1-2H3,(H,30,31,32).